The van der Waals surface area contributed by atoms with E-state index in [2.05, 4.69) is 0 Å². The zero-order chi connectivity index (χ0) is 9.00. The van der Waals surface area contributed by atoms with E-state index >= 15 is 0 Å². The first-order chi connectivity index (χ1) is 4.00. The van der Waals surface area contributed by atoms with Crippen molar-refractivity contribution in [3.63, 3.8) is 0 Å². The molecule has 0 aliphatic heterocycles. The Morgan fingerprint density at radius 1 is 0.923 bits per heavy atom. The summed E-state index contributed by atoms with van der Waals surface area (Å²) < 4.78 is 17.3. The van der Waals surface area contributed by atoms with Crippen molar-refractivity contribution in [2.45, 2.75) is 0 Å². The molecule has 13 heavy (non-hydrogen) atoms. The summed E-state index contributed by atoms with van der Waals surface area (Å²) in [6, 6.07) is 0. The third kappa shape index (κ3) is 257. The second kappa shape index (κ2) is 13.3. The maximum Gasteiger partial charge on any atom is 1.00 e. The molecule has 0 amide bonds. The van der Waals surface area contributed by atoms with Crippen LogP contribution >= 0.6 is 15.6 Å². The van der Waals surface area contributed by atoms with Crippen LogP contribution in [-0.2, 0) is 9.13 Å². The van der Waals surface area contributed by atoms with Crippen LogP contribution in [-0.4, -0.2) is 9.79 Å². The van der Waals surface area contributed by atoms with Gasteiger partial charge in [-0.05, 0) is 0 Å². The fourth-order valence-electron chi connectivity index (χ4n) is 0. The molecule has 0 saturated carbocycles. The van der Waals surface area contributed by atoms with Crippen LogP contribution in [0.5, 0.6) is 0 Å². The summed E-state index contributed by atoms with van der Waals surface area (Å²) in [5.41, 5.74) is 0. The molecule has 0 rings (SSSR count). The maximum absolute atomic E-state index is 8.77. The van der Waals surface area contributed by atoms with Crippen molar-refractivity contribution < 1.29 is 131 Å². The van der Waals surface area contributed by atoms with E-state index in [-0.39, 0.29) is 93.0 Å². The molecule has 0 heterocycles. The fourth-order valence-corrected chi connectivity index (χ4v) is 0. The molecular weight excluding hydrogens is 259 g/mol. The molecule has 0 aromatic carbocycles. The molecule has 0 fully saturated rings. The summed E-state index contributed by atoms with van der Waals surface area (Å²) >= 11 is 0. The molecule has 13 heteroatoms. The van der Waals surface area contributed by atoms with Crippen molar-refractivity contribution in [1.82, 2.24) is 0 Å². The van der Waals surface area contributed by atoms with Crippen molar-refractivity contribution in [3.05, 3.63) is 0 Å². The molecule has 0 aromatic heterocycles. The molecule has 2 N–H and O–H groups in total. The zero-order valence-corrected chi connectivity index (χ0v) is 15.0. The zero-order valence-electron chi connectivity index (χ0n) is 10.2. The molecule has 0 atom stereocenters. The van der Waals surface area contributed by atoms with Gasteiger partial charge in [0, 0.05) is 0 Å². The SMILES string of the molecule is O=P([O-])(O)O.O=P([O-])([O-])[O-].[H+].[H+].[H-].[Na+].[Na+].[Na+]. The van der Waals surface area contributed by atoms with Gasteiger partial charge >= 0.3 is 91.5 Å². The van der Waals surface area contributed by atoms with Gasteiger partial charge in [0.25, 0.3) is 7.82 Å². The van der Waals surface area contributed by atoms with Gasteiger partial charge in [0.1, 0.15) is 0 Å². The molecule has 0 unspecified atom stereocenters. The second-order valence-corrected chi connectivity index (χ2v) is 2.81. The molecule has 0 aromatic rings. The van der Waals surface area contributed by atoms with Crippen molar-refractivity contribution in [3.8, 4) is 0 Å². The predicted molar refractivity (Wildman–Crippen MR) is 23.0 cm³/mol. The van der Waals surface area contributed by atoms with Gasteiger partial charge < -0.3 is 35.4 Å². The van der Waals surface area contributed by atoms with Gasteiger partial charge in [-0.25, -0.2) is 0 Å². The summed E-state index contributed by atoms with van der Waals surface area (Å²) in [5, 5.41) is 0. The molecule has 0 radical (unpaired) electrons. The Morgan fingerprint density at radius 3 is 0.923 bits per heavy atom. The average molecular weight is 264 g/mol. The Hall–Kier alpha value is 3.22. The Balaban J connectivity index is -0.00000000970. The largest absolute Gasteiger partial charge is 1.00 e. The normalized spacial score (nSPS) is 9.08. The standard InChI is InChI=1S/3Na.2H3O4P.H/c;;;2*1-5(2,3)4;/h;;;2*(H3,1,2,3,4);/q3*+1;;;-1/p-2. The second-order valence-electron chi connectivity index (χ2n) is 0.938. The van der Waals surface area contributed by atoms with Crippen LogP contribution < -0.4 is 108 Å². The van der Waals surface area contributed by atoms with E-state index in [1.807, 2.05) is 0 Å². The van der Waals surface area contributed by atoms with Crippen LogP contribution in [0.3, 0.4) is 0 Å². The smallest absolute Gasteiger partial charge is 1.00 e. The first-order valence-electron chi connectivity index (χ1n) is 1.50. The Kier molecular flexibility index (Phi) is 30.5. The van der Waals surface area contributed by atoms with Crippen LogP contribution in [0.2, 0.25) is 0 Å². The van der Waals surface area contributed by atoms with Crippen LogP contribution in [0.15, 0.2) is 0 Å². The van der Waals surface area contributed by atoms with Crippen molar-refractivity contribution in [2.24, 2.45) is 0 Å². The molecule has 66 valence electrons. The van der Waals surface area contributed by atoms with Crippen molar-refractivity contribution in [2.75, 3.05) is 0 Å². The summed E-state index contributed by atoms with van der Waals surface area (Å²) in [6.07, 6.45) is 0. The summed E-state index contributed by atoms with van der Waals surface area (Å²) in [4.78, 5) is 48.6. The topological polar surface area (TPSA) is 167 Å². The molecule has 0 saturated heterocycles. The molecule has 0 aliphatic carbocycles. The minimum absolute atomic E-state index is 0. The fraction of sp³-hybridized carbons (Fsp3) is 0. The van der Waals surface area contributed by atoms with Crippen LogP contribution in [0, 0.1) is 0 Å². The minimum atomic E-state index is -5.39. The summed E-state index contributed by atoms with van der Waals surface area (Å²) in [5.74, 6) is 0. The summed E-state index contributed by atoms with van der Waals surface area (Å²) in [6.45, 7) is 0. The molecular formula is H5Na3O8P2. The van der Waals surface area contributed by atoms with E-state index < -0.39 is 15.6 Å². The van der Waals surface area contributed by atoms with Gasteiger partial charge in [-0.3, -0.25) is 4.57 Å². The van der Waals surface area contributed by atoms with E-state index in [0.29, 0.717) is 0 Å². The van der Waals surface area contributed by atoms with Gasteiger partial charge in [-0.15, -0.1) is 0 Å². The Labute approximate surface area is 145 Å². The third-order valence-electron chi connectivity index (χ3n) is 0. The van der Waals surface area contributed by atoms with E-state index in [9.17, 15) is 0 Å². The molecule has 0 spiro atoms. The van der Waals surface area contributed by atoms with E-state index in [4.69, 9.17) is 38.5 Å². The van der Waals surface area contributed by atoms with Crippen LogP contribution in [0.1, 0.15) is 4.28 Å². The van der Waals surface area contributed by atoms with Crippen molar-refractivity contribution >= 4 is 15.6 Å². The van der Waals surface area contributed by atoms with Crippen molar-refractivity contribution in [1.29, 1.82) is 0 Å². The number of hydrogen-bond donors (Lipinski definition) is 2. The molecule has 0 bridgehead atoms. The Morgan fingerprint density at radius 2 is 0.923 bits per heavy atom. The maximum atomic E-state index is 8.77. The van der Waals surface area contributed by atoms with Gasteiger partial charge in [-0.1, -0.05) is 0 Å². The van der Waals surface area contributed by atoms with Crippen LogP contribution in [0.4, 0.5) is 0 Å². The van der Waals surface area contributed by atoms with E-state index in [1.54, 1.807) is 0 Å². The monoisotopic (exact) mass is 264 g/mol. The van der Waals surface area contributed by atoms with Gasteiger partial charge in [-0.2, -0.15) is 7.82 Å². The Bertz CT molecular complexity index is 141. The third-order valence-corrected chi connectivity index (χ3v) is 0. The van der Waals surface area contributed by atoms with Gasteiger partial charge in [0.05, 0.1) is 0 Å². The number of rotatable bonds is 0. The van der Waals surface area contributed by atoms with Gasteiger partial charge in [0.15, 0.2) is 0 Å². The van der Waals surface area contributed by atoms with E-state index in [0.717, 1.165) is 0 Å². The number of phosphoric acid groups is 2. The summed E-state index contributed by atoms with van der Waals surface area (Å²) in [7, 11) is -10.3. The van der Waals surface area contributed by atoms with E-state index in [1.165, 1.54) is 0 Å². The van der Waals surface area contributed by atoms with Crippen LogP contribution in [0.25, 0.3) is 0 Å². The first-order valence-corrected chi connectivity index (χ1v) is 4.49. The molecule has 0 aliphatic rings. The predicted octanol–water partition coefficient (Wildman–Crippen LogP) is -13.0. The quantitative estimate of drug-likeness (QED) is 0.321. The van der Waals surface area contributed by atoms with Gasteiger partial charge in [0.2, 0.25) is 0 Å². The minimum Gasteiger partial charge on any atom is -1.00 e. The number of hydrogen-bond acceptors (Lipinski definition) is 6. The first kappa shape index (κ1) is 29.8. The molecule has 8 nitrogen and oxygen atoms in total. The average Bonchev–Trinajstić information content (AvgIpc) is 1.12.